The van der Waals surface area contributed by atoms with Gasteiger partial charge in [-0.15, -0.1) is 0 Å². The van der Waals surface area contributed by atoms with Crippen LogP contribution in [0.5, 0.6) is 0 Å². The summed E-state index contributed by atoms with van der Waals surface area (Å²) in [5.41, 5.74) is 4.93. The molecule has 1 saturated heterocycles. The van der Waals surface area contributed by atoms with Crippen molar-refractivity contribution in [2.75, 3.05) is 6.54 Å². The van der Waals surface area contributed by atoms with Gasteiger partial charge in [-0.3, -0.25) is 25.2 Å². The zero-order chi connectivity index (χ0) is 18.2. The maximum atomic E-state index is 12.2. The van der Waals surface area contributed by atoms with E-state index in [1.165, 1.54) is 0 Å². The average Bonchev–Trinajstić information content (AvgIpc) is 3.21. The fourth-order valence-electron chi connectivity index (χ4n) is 2.47. The third-order valence-electron chi connectivity index (χ3n) is 3.82. The van der Waals surface area contributed by atoms with Crippen LogP contribution in [-0.2, 0) is 20.9 Å². The summed E-state index contributed by atoms with van der Waals surface area (Å²) >= 11 is 4.95. The number of carbonyl (C=O) groups excluding carboxylic acids is 3. The van der Waals surface area contributed by atoms with Crippen molar-refractivity contribution in [1.29, 1.82) is 0 Å². The summed E-state index contributed by atoms with van der Waals surface area (Å²) in [7, 11) is 0. The third kappa shape index (κ3) is 5.86. The molecule has 1 unspecified atom stereocenters. The number of nitrogens with one attached hydrogen (secondary N) is 3. The highest BCUT2D eigenvalue weighted by Gasteiger charge is 2.34. The highest BCUT2D eigenvalue weighted by molar-refractivity contribution is 7.80. The van der Waals surface area contributed by atoms with Crippen molar-refractivity contribution >= 4 is 35.1 Å². The molecule has 0 aliphatic carbocycles. The predicted octanol–water partition coefficient (Wildman–Crippen LogP) is 0.840. The van der Waals surface area contributed by atoms with Gasteiger partial charge in [0, 0.05) is 19.4 Å². The monoisotopic (exact) mass is 366 g/mol. The highest BCUT2D eigenvalue weighted by atomic mass is 32.1. The van der Waals surface area contributed by atoms with E-state index in [0.29, 0.717) is 25.3 Å². The van der Waals surface area contributed by atoms with Crippen molar-refractivity contribution in [1.82, 2.24) is 21.1 Å². The van der Waals surface area contributed by atoms with Gasteiger partial charge in [-0.1, -0.05) is 13.3 Å². The Hall–Kier alpha value is -2.42. The van der Waals surface area contributed by atoms with Gasteiger partial charge < -0.3 is 14.6 Å². The van der Waals surface area contributed by atoms with E-state index in [9.17, 15) is 14.4 Å². The number of likely N-dealkylation sites (tertiary alicyclic amines) is 1. The Balaban J connectivity index is 1.73. The van der Waals surface area contributed by atoms with E-state index >= 15 is 0 Å². The Kier molecular flexibility index (Phi) is 6.93. The lowest BCUT2D eigenvalue weighted by atomic mass is 10.1. The van der Waals surface area contributed by atoms with Gasteiger partial charge in [-0.2, -0.15) is 0 Å². The second-order valence-corrected chi connectivity index (χ2v) is 6.26. The van der Waals surface area contributed by atoms with Gasteiger partial charge in [0.1, 0.15) is 5.76 Å². The van der Waals surface area contributed by atoms with Gasteiger partial charge in [0.15, 0.2) is 5.11 Å². The molecule has 25 heavy (non-hydrogen) atoms. The van der Waals surface area contributed by atoms with Crippen LogP contribution in [0, 0.1) is 5.92 Å². The first-order valence-corrected chi connectivity index (χ1v) is 8.60. The fraction of sp³-hybridized carbons (Fsp3) is 0.500. The largest absolute Gasteiger partial charge is 0.467 e. The Morgan fingerprint density at radius 3 is 2.88 bits per heavy atom. The summed E-state index contributed by atoms with van der Waals surface area (Å²) in [6.07, 6.45) is 3.74. The number of thiocarbonyl (C=S) groups is 1. The number of carbonyl (C=O) groups is 3. The quantitative estimate of drug-likeness (QED) is 0.509. The van der Waals surface area contributed by atoms with E-state index in [4.69, 9.17) is 16.6 Å². The van der Waals surface area contributed by atoms with Gasteiger partial charge in [0.25, 0.3) is 0 Å². The van der Waals surface area contributed by atoms with Crippen LogP contribution in [0.15, 0.2) is 22.8 Å². The summed E-state index contributed by atoms with van der Waals surface area (Å²) < 4.78 is 5.22. The van der Waals surface area contributed by atoms with Crippen LogP contribution in [0.4, 0.5) is 0 Å². The smallest absolute Gasteiger partial charge is 0.243 e. The third-order valence-corrected chi connectivity index (χ3v) is 4.03. The van der Waals surface area contributed by atoms with Crippen molar-refractivity contribution in [2.45, 2.75) is 39.2 Å². The van der Waals surface area contributed by atoms with Crippen molar-refractivity contribution in [3.63, 3.8) is 0 Å². The second-order valence-electron chi connectivity index (χ2n) is 5.85. The van der Waals surface area contributed by atoms with Gasteiger partial charge >= 0.3 is 0 Å². The summed E-state index contributed by atoms with van der Waals surface area (Å²) in [5, 5.41) is 2.52. The Bertz CT molecular complexity index is 632. The molecule has 0 saturated carbocycles. The molecule has 0 spiro atoms. The molecule has 0 bridgehead atoms. The highest BCUT2D eigenvalue weighted by Crippen LogP contribution is 2.20. The zero-order valence-electron chi connectivity index (χ0n) is 14.0. The lowest BCUT2D eigenvalue weighted by Crippen LogP contribution is -2.50. The molecule has 1 aromatic heterocycles. The van der Waals surface area contributed by atoms with Crippen LogP contribution in [0.2, 0.25) is 0 Å². The lowest BCUT2D eigenvalue weighted by Gasteiger charge is -2.16. The van der Waals surface area contributed by atoms with Gasteiger partial charge in [-0.05, 0) is 30.8 Å². The molecule has 1 atom stereocenters. The maximum Gasteiger partial charge on any atom is 0.243 e. The van der Waals surface area contributed by atoms with Crippen molar-refractivity contribution in [2.24, 2.45) is 5.92 Å². The van der Waals surface area contributed by atoms with Crippen LogP contribution < -0.4 is 16.2 Å². The van der Waals surface area contributed by atoms with Crippen LogP contribution >= 0.6 is 12.2 Å². The number of rotatable bonds is 6. The van der Waals surface area contributed by atoms with Crippen LogP contribution in [0.25, 0.3) is 0 Å². The molecule has 2 heterocycles. The Morgan fingerprint density at radius 2 is 2.20 bits per heavy atom. The first kappa shape index (κ1) is 18.9. The van der Waals surface area contributed by atoms with Crippen molar-refractivity contribution in [3.8, 4) is 0 Å². The van der Waals surface area contributed by atoms with E-state index in [-0.39, 0.29) is 29.3 Å². The Labute approximate surface area is 151 Å². The molecule has 0 aromatic carbocycles. The normalized spacial score (nSPS) is 16.6. The number of hydrogen-bond donors (Lipinski definition) is 3. The summed E-state index contributed by atoms with van der Waals surface area (Å²) in [6, 6.07) is 3.53. The molecule has 0 radical (unpaired) electrons. The number of amides is 3. The van der Waals surface area contributed by atoms with Crippen LogP contribution in [-0.4, -0.2) is 34.3 Å². The van der Waals surface area contributed by atoms with E-state index in [0.717, 1.165) is 12.8 Å². The second kappa shape index (κ2) is 9.16. The minimum atomic E-state index is -0.478. The molecular weight excluding hydrogens is 344 g/mol. The number of hydrazine groups is 1. The average molecular weight is 366 g/mol. The summed E-state index contributed by atoms with van der Waals surface area (Å²) in [4.78, 5) is 37.3. The predicted molar refractivity (Wildman–Crippen MR) is 93.8 cm³/mol. The standard InChI is InChI=1S/C16H22N4O4S/c1-2-3-6-13(21)17-16(25)19-18-15(23)11-8-14(22)20(9-11)10-12-5-4-7-24-12/h4-5,7,11H,2-3,6,8-10H2,1H3,(H,18,23)(H2,17,19,21,25). The molecule has 3 amide bonds. The summed E-state index contributed by atoms with van der Waals surface area (Å²) in [5.74, 6) is -0.459. The molecule has 1 aliphatic rings. The van der Waals surface area contributed by atoms with Crippen LogP contribution in [0.1, 0.15) is 38.4 Å². The van der Waals surface area contributed by atoms with E-state index in [2.05, 4.69) is 16.2 Å². The first-order valence-electron chi connectivity index (χ1n) is 8.19. The minimum Gasteiger partial charge on any atom is -0.467 e. The van der Waals surface area contributed by atoms with Crippen molar-refractivity contribution in [3.05, 3.63) is 24.2 Å². The molecule has 1 aromatic rings. The molecular formula is C16H22N4O4S. The zero-order valence-corrected chi connectivity index (χ0v) is 14.9. The molecule has 1 fully saturated rings. The Morgan fingerprint density at radius 1 is 1.40 bits per heavy atom. The fourth-order valence-corrected chi connectivity index (χ4v) is 2.63. The lowest BCUT2D eigenvalue weighted by molar-refractivity contribution is -0.129. The molecule has 8 nitrogen and oxygen atoms in total. The minimum absolute atomic E-state index is 0.0335. The molecule has 136 valence electrons. The first-order chi connectivity index (χ1) is 12.0. The summed E-state index contributed by atoms with van der Waals surface area (Å²) in [6.45, 7) is 2.64. The van der Waals surface area contributed by atoms with Gasteiger partial charge in [0.2, 0.25) is 17.7 Å². The van der Waals surface area contributed by atoms with E-state index in [1.807, 2.05) is 6.92 Å². The van der Waals surface area contributed by atoms with Gasteiger partial charge in [0.05, 0.1) is 18.7 Å². The number of nitrogens with zero attached hydrogens (tertiary/aromatic N) is 1. The number of hydrogen-bond acceptors (Lipinski definition) is 5. The molecule has 3 N–H and O–H groups in total. The molecule has 9 heteroatoms. The number of unbranched alkanes of at least 4 members (excludes halogenated alkanes) is 1. The molecule has 1 aliphatic heterocycles. The van der Waals surface area contributed by atoms with Gasteiger partial charge in [-0.25, -0.2) is 0 Å². The van der Waals surface area contributed by atoms with E-state index < -0.39 is 5.92 Å². The molecule has 2 rings (SSSR count). The van der Waals surface area contributed by atoms with Crippen LogP contribution in [0.3, 0.4) is 0 Å². The van der Waals surface area contributed by atoms with Crippen molar-refractivity contribution < 1.29 is 18.8 Å². The van der Waals surface area contributed by atoms with E-state index in [1.54, 1.807) is 23.3 Å². The number of furan rings is 1. The maximum absolute atomic E-state index is 12.2. The topological polar surface area (TPSA) is 104 Å². The SMILES string of the molecule is CCCCC(=O)NC(=S)NNC(=O)C1CC(=O)N(Cc2ccco2)C1.